The van der Waals surface area contributed by atoms with Gasteiger partial charge in [0.15, 0.2) is 0 Å². The molecule has 1 aromatic heterocycles. The van der Waals surface area contributed by atoms with E-state index in [-0.39, 0.29) is 30.5 Å². The first kappa shape index (κ1) is 29.6. The lowest BCUT2D eigenvalue weighted by atomic mass is 10.2. The normalized spacial score (nSPS) is 14.3. The van der Waals surface area contributed by atoms with Crippen molar-refractivity contribution in [2.24, 2.45) is 5.14 Å². The van der Waals surface area contributed by atoms with Crippen LogP contribution in [0.25, 0.3) is 0 Å². The van der Waals surface area contributed by atoms with Crippen LogP contribution >= 0.6 is 0 Å². The average molecular weight is 594 g/mol. The summed E-state index contributed by atoms with van der Waals surface area (Å²) >= 11 is 0. The van der Waals surface area contributed by atoms with Crippen molar-refractivity contribution in [1.82, 2.24) is 14.3 Å². The first-order valence-corrected chi connectivity index (χ1v) is 13.5. The van der Waals surface area contributed by atoms with Gasteiger partial charge in [-0.1, -0.05) is 12.6 Å². The van der Waals surface area contributed by atoms with Gasteiger partial charge in [-0.3, -0.25) is 4.79 Å². The van der Waals surface area contributed by atoms with E-state index < -0.39 is 33.7 Å². The second-order valence-corrected chi connectivity index (χ2v) is 10.2. The first-order valence-electron chi connectivity index (χ1n) is 12.0. The number of nitrogens with one attached hydrogen (secondary N) is 2. The Hall–Kier alpha value is -4.41. The van der Waals surface area contributed by atoms with Crippen LogP contribution < -0.4 is 30.1 Å². The van der Waals surface area contributed by atoms with Crippen LogP contribution in [0.2, 0.25) is 0 Å². The van der Waals surface area contributed by atoms with E-state index in [1.807, 2.05) is 4.90 Å². The van der Waals surface area contributed by atoms with Crippen LogP contribution in [-0.2, 0) is 21.2 Å². The molecule has 2 heterocycles. The zero-order valence-corrected chi connectivity index (χ0v) is 22.5. The number of alkyl halides is 3. The van der Waals surface area contributed by atoms with Gasteiger partial charge in [0.05, 0.1) is 12.8 Å². The number of methoxy groups -OCH3 is 1. The predicted molar refractivity (Wildman–Crippen MR) is 146 cm³/mol. The zero-order chi connectivity index (χ0) is 29.8. The number of amides is 1. The summed E-state index contributed by atoms with van der Waals surface area (Å²) in [5.41, 5.74) is 0.176. The Morgan fingerprint density at radius 3 is 2.51 bits per heavy atom. The maximum absolute atomic E-state index is 13.7. The SMILES string of the molecule is C=CC(=O)Nc1cccc(Oc2nc(Nc3ccc(N4CCN(S(N)(=O)=O)CC4)cc3OC)ncc2C(F)(F)F)c1. The number of ether oxygens (including phenoxy) is 2. The number of nitrogens with zero attached hydrogens (tertiary/aromatic N) is 4. The molecule has 0 bridgehead atoms. The molecule has 41 heavy (non-hydrogen) atoms. The van der Waals surface area contributed by atoms with Gasteiger partial charge < -0.3 is 25.0 Å². The third kappa shape index (κ3) is 7.41. The van der Waals surface area contributed by atoms with E-state index in [1.165, 1.54) is 35.7 Å². The molecular weight excluding hydrogens is 567 g/mol. The Morgan fingerprint density at radius 1 is 1.15 bits per heavy atom. The average Bonchev–Trinajstić information content (AvgIpc) is 2.92. The van der Waals surface area contributed by atoms with Gasteiger partial charge in [-0.25, -0.2) is 10.1 Å². The minimum absolute atomic E-state index is 0.00789. The number of nitrogens with two attached hydrogens (primary N) is 1. The molecule has 1 aliphatic rings. The van der Waals surface area contributed by atoms with Crippen molar-refractivity contribution in [3.05, 3.63) is 66.9 Å². The number of hydrogen-bond acceptors (Lipinski definition) is 9. The Kier molecular flexibility index (Phi) is 8.65. The first-order chi connectivity index (χ1) is 19.4. The molecule has 1 aliphatic heterocycles. The number of piperazine rings is 1. The van der Waals surface area contributed by atoms with Gasteiger partial charge >= 0.3 is 6.18 Å². The summed E-state index contributed by atoms with van der Waals surface area (Å²) in [6.07, 6.45) is -3.16. The van der Waals surface area contributed by atoms with Crippen molar-refractivity contribution in [3.63, 3.8) is 0 Å². The highest BCUT2D eigenvalue weighted by Crippen LogP contribution is 2.38. The molecule has 0 unspecified atom stereocenters. The molecule has 0 saturated carbocycles. The molecule has 3 aromatic rings. The minimum atomic E-state index is -4.81. The molecule has 0 radical (unpaired) electrons. The van der Waals surface area contributed by atoms with E-state index in [0.717, 1.165) is 11.8 Å². The Bertz CT molecular complexity index is 1540. The summed E-state index contributed by atoms with van der Waals surface area (Å²) in [5.74, 6) is -1.13. The highest BCUT2D eigenvalue weighted by Gasteiger charge is 2.36. The summed E-state index contributed by atoms with van der Waals surface area (Å²) < 4.78 is 76.4. The van der Waals surface area contributed by atoms with Crippen LogP contribution in [-0.4, -0.2) is 61.9 Å². The number of aromatic nitrogens is 2. The quantitative estimate of drug-likeness (QED) is 0.317. The molecule has 0 atom stereocenters. The maximum atomic E-state index is 13.7. The van der Waals surface area contributed by atoms with E-state index in [2.05, 4.69) is 27.2 Å². The van der Waals surface area contributed by atoms with Crippen LogP contribution in [0.3, 0.4) is 0 Å². The molecule has 218 valence electrons. The molecule has 1 amide bonds. The van der Waals surface area contributed by atoms with Gasteiger partial charge in [0.2, 0.25) is 17.7 Å². The summed E-state index contributed by atoms with van der Waals surface area (Å²) in [6, 6.07) is 10.8. The number of carbonyl (C=O) groups is 1. The number of anilines is 4. The highest BCUT2D eigenvalue weighted by atomic mass is 32.2. The molecular formula is C25H26F3N7O5S. The lowest BCUT2D eigenvalue weighted by Crippen LogP contribution is -2.50. The van der Waals surface area contributed by atoms with Gasteiger partial charge in [-0.15, -0.1) is 0 Å². The monoisotopic (exact) mass is 593 g/mol. The van der Waals surface area contributed by atoms with E-state index in [9.17, 15) is 26.4 Å². The standard InChI is InChI=1S/C25H26F3N7O5S/c1-3-22(36)31-16-5-4-6-18(13-16)40-23-19(25(26,27)28)15-30-24(33-23)32-20-8-7-17(14-21(20)39-2)34-9-11-35(12-10-34)41(29,37)38/h3-8,13-15H,1,9-12H2,2H3,(H,31,36)(H2,29,37,38)(H,30,32,33). The molecule has 0 spiro atoms. The van der Waals surface area contributed by atoms with Gasteiger partial charge in [0.25, 0.3) is 10.2 Å². The molecule has 12 nitrogen and oxygen atoms in total. The van der Waals surface area contributed by atoms with E-state index in [1.54, 1.807) is 18.2 Å². The Morgan fingerprint density at radius 2 is 1.88 bits per heavy atom. The molecule has 4 N–H and O–H groups in total. The maximum Gasteiger partial charge on any atom is 0.423 e. The molecule has 4 rings (SSSR count). The topological polar surface area (TPSA) is 152 Å². The van der Waals surface area contributed by atoms with Gasteiger partial charge in [0, 0.05) is 55.9 Å². The van der Waals surface area contributed by atoms with Crippen molar-refractivity contribution < 1.29 is 35.9 Å². The molecule has 2 aromatic carbocycles. The van der Waals surface area contributed by atoms with E-state index in [4.69, 9.17) is 14.6 Å². The lowest BCUT2D eigenvalue weighted by molar-refractivity contribution is -0.139. The number of halogens is 3. The smallest absolute Gasteiger partial charge is 0.423 e. The third-order valence-electron chi connectivity index (χ3n) is 5.96. The largest absolute Gasteiger partial charge is 0.494 e. The van der Waals surface area contributed by atoms with Crippen molar-refractivity contribution in [2.45, 2.75) is 6.18 Å². The fourth-order valence-electron chi connectivity index (χ4n) is 3.94. The summed E-state index contributed by atoms with van der Waals surface area (Å²) in [5, 5.41) is 10.5. The Balaban J connectivity index is 1.57. The van der Waals surface area contributed by atoms with Crippen molar-refractivity contribution in [1.29, 1.82) is 0 Å². The fraction of sp³-hybridized carbons (Fsp3) is 0.240. The van der Waals surface area contributed by atoms with Crippen LogP contribution in [0.15, 0.2) is 61.3 Å². The second-order valence-electron chi connectivity index (χ2n) is 8.67. The number of rotatable bonds is 9. The van der Waals surface area contributed by atoms with Crippen molar-refractivity contribution >= 4 is 39.1 Å². The van der Waals surface area contributed by atoms with Gasteiger partial charge in [-0.05, 0) is 30.3 Å². The zero-order valence-electron chi connectivity index (χ0n) is 21.7. The Labute approximate surface area is 233 Å². The van der Waals surface area contributed by atoms with Crippen LogP contribution in [0.1, 0.15) is 5.56 Å². The van der Waals surface area contributed by atoms with Crippen molar-refractivity contribution in [3.8, 4) is 17.4 Å². The summed E-state index contributed by atoms with van der Waals surface area (Å²) in [6.45, 7) is 4.57. The number of hydrogen-bond donors (Lipinski definition) is 3. The van der Waals surface area contributed by atoms with Crippen LogP contribution in [0.4, 0.5) is 36.2 Å². The van der Waals surface area contributed by atoms with Crippen molar-refractivity contribution in [2.75, 3.05) is 48.8 Å². The summed E-state index contributed by atoms with van der Waals surface area (Å²) in [7, 11) is -2.35. The molecule has 16 heteroatoms. The third-order valence-corrected chi connectivity index (χ3v) is 7.04. The van der Waals surface area contributed by atoms with E-state index >= 15 is 0 Å². The second kappa shape index (κ2) is 12.0. The molecule has 1 saturated heterocycles. The lowest BCUT2D eigenvalue weighted by Gasteiger charge is -2.34. The fourth-order valence-corrected chi connectivity index (χ4v) is 4.61. The highest BCUT2D eigenvalue weighted by molar-refractivity contribution is 7.86. The van der Waals surface area contributed by atoms with Crippen LogP contribution in [0.5, 0.6) is 17.4 Å². The summed E-state index contributed by atoms with van der Waals surface area (Å²) in [4.78, 5) is 21.3. The minimum Gasteiger partial charge on any atom is -0.494 e. The van der Waals surface area contributed by atoms with Gasteiger partial charge in [0.1, 0.15) is 17.1 Å². The predicted octanol–water partition coefficient (Wildman–Crippen LogP) is 3.49. The molecule has 0 aliphatic carbocycles. The van der Waals surface area contributed by atoms with Gasteiger partial charge in [-0.2, -0.15) is 30.9 Å². The number of benzene rings is 2. The molecule has 1 fully saturated rings. The van der Waals surface area contributed by atoms with E-state index in [0.29, 0.717) is 30.7 Å². The number of carbonyl (C=O) groups excluding carboxylic acids is 1. The van der Waals surface area contributed by atoms with Crippen LogP contribution in [0, 0.1) is 0 Å².